The molecule has 0 saturated heterocycles. The largest absolute Gasteiger partial charge is 0.507 e. The molecule has 3 nitrogen and oxygen atoms in total. The Kier molecular flexibility index (Phi) is 4.20. The highest BCUT2D eigenvalue weighted by Gasteiger charge is 2.07. The molecular formula is C20H18O3. The lowest BCUT2D eigenvalue weighted by Crippen LogP contribution is -1.86. The van der Waals surface area contributed by atoms with E-state index in [2.05, 4.69) is 0 Å². The van der Waals surface area contributed by atoms with Gasteiger partial charge in [-0.05, 0) is 53.1 Å². The van der Waals surface area contributed by atoms with Crippen molar-refractivity contribution >= 4 is 0 Å². The molecule has 0 amide bonds. The van der Waals surface area contributed by atoms with Gasteiger partial charge in [-0.2, -0.15) is 0 Å². The lowest BCUT2D eigenvalue weighted by Gasteiger charge is -2.10. The van der Waals surface area contributed by atoms with Gasteiger partial charge in [0, 0.05) is 5.56 Å². The molecule has 3 rings (SSSR count). The average molecular weight is 306 g/mol. The third kappa shape index (κ3) is 3.14. The normalized spacial score (nSPS) is 10.3. The molecule has 0 unspecified atom stereocenters. The molecule has 3 heteroatoms. The number of methoxy groups -OCH3 is 2. The van der Waals surface area contributed by atoms with Gasteiger partial charge in [-0.25, -0.2) is 0 Å². The summed E-state index contributed by atoms with van der Waals surface area (Å²) in [5, 5.41) is 10.2. The Hall–Kier alpha value is -2.94. The van der Waals surface area contributed by atoms with E-state index in [-0.39, 0.29) is 5.75 Å². The van der Waals surface area contributed by atoms with Crippen molar-refractivity contribution in [1.82, 2.24) is 0 Å². The summed E-state index contributed by atoms with van der Waals surface area (Å²) in [6, 6.07) is 21.1. The van der Waals surface area contributed by atoms with E-state index in [0.717, 1.165) is 33.8 Å². The zero-order valence-electron chi connectivity index (χ0n) is 13.1. The number of ether oxygens (including phenoxy) is 2. The molecule has 0 aromatic heterocycles. The van der Waals surface area contributed by atoms with Crippen LogP contribution in [0.2, 0.25) is 0 Å². The second-order valence-electron chi connectivity index (χ2n) is 5.19. The first-order valence-corrected chi connectivity index (χ1v) is 7.33. The van der Waals surface area contributed by atoms with Gasteiger partial charge >= 0.3 is 0 Å². The van der Waals surface area contributed by atoms with E-state index in [0.29, 0.717) is 0 Å². The van der Waals surface area contributed by atoms with Gasteiger partial charge in [0.05, 0.1) is 14.2 Å². The molecule has 23 heavy (non-hydrogen) atoms. The zero-order valence-corrected chi connectivity index (χ0v) is 13.1. The zero-order chi connectivity index (χ0) is 16.2. The van der Waals surface area contributed by atoms with Crippen molar-refractivity contribution in [2.45, 2.75) is 0 Å². The topological polar surface area (TPSA) is 38.7 Å². The molecule has 0 bridgehead atoms. The van der Waals surface area contributed by atoms with Crippen LogP contribution in [0.25, 0.3) is 22.3 Å². The summed E-state index contributed by atoms with van der Waals surface area (Å²) in [5.41, 5.74) is 3.84. The molecule has 0 saturated carbocycles. The van der Waals surface area contributed by atoms with E-state index < -0.39 is 0 Å². The fourth-order valence-corrected chi connectivity index (χ4v) is 2.50. The molecule has 3 aromatic rings. The van der Waals surface area contributed by atoms with Gasteiger partial charge in [-0.3, -0.25) is 0 Å². The van der Waals surface area contributed by atoms with Gasteiger partial charge in [0.1, 0.15) is 17.2 Å². The predicted molar refractivity (Wildman–Crippen MR) is 92.1 cm³/mol. The fraction of sp³-hybridized carbons (Fsp3) is 0.100. The Balaban J connectivity index is 2.00. The summed E-state index contributed by atoms with van der Waals surface area (Å²) in [6.45, 7) is 0. The van der Waals surface area contributed by atoms with Crippen molar-refractivity contribution in [2.75, 3.05) is 14.2 Å². The molecular weight excluding hydrogens is 288 g/mol. The molecule has 0 radical (unpaired) electrons. The van der Waals surface area contributed by atoms with Crippen LogP contribution < -0.4 is 9.47 Å². The second-order valence-corrected chi connectivity index (χ2v) is 5.19. The molecule has 0 aliphatic rings. The number of rotatable bonds is 4. The van der Waals surface area contributed by atoms with Crippen molar-refractivity contribution in [3.63, 3.8) is 0 Å². The third-order valence-electron chi connectivity index (χ3n) is 3.82. The highest BCUT2D eigenvalue weighted by molar-refractivity contribution is 5.77. The van der Waals surface area contributed by atoms with Gasteiger partial charge in [0.15, 0.2) is 0 Å². The van der Waals surface area contributed by atoms with Crippen molar-refractivity contribution in [3.8, 4) is 39.5 Å². The van der Waals surface area contributed by atoms with Crippen LogP contribution in [-0.4, -0.2) is 19.3 Å². The van der Waals surface area contributed by atoms with Crippen molar-refractivity contribution in [1.29, 1.82) is 0 Å². The highest BCUT2D eigenvalue weighted by Crippen LogP contribution is 2.34. The molecule has 3 aromatic carbocycles. The first kappa shape index (κ1) is 15.0. The number of benzene rings is 3. The maximum Gasteiger partial charge on any atom is 0.123 e. The van der Waals surface area contributed by atoms with Crippen LogP contribution >= 0.6 is 0 Å². The Morgan fingerprint density at radius 1 is 0.609 bits per heavy atom. The molecule has 0 fully saturated rings. The summed E-state index contributed by atoms with van der Waals surface area (Å²) < 4.78 is 10.4. The number of phenolic OH excluding ortho intramolecular Hbond substituents is 1. The summed E-state index contributed by atoms with van der Waals surface area (Å²) in [5.74, 6) is 1.87. The van der Waals surface area contributed by atoms with Gasteiger partial charge in [0.25, 0.3) is 0 Å². The number of hydrogen-bond acceptors (Lipinski definition) is 3. The summed E-state index contributed by atoms with van der Waals surface area (Å²) in [6.07, 6.45) is 0. The van der Waals surface area contributed by atoms with E-state index in [4.69, 9.17) is 9.47 Å². The van der Waals surface area contributed by atoms with Crippen LogP contribution in [0.4, 0.5) is 0 Å². The monoisotopic (exact) mass is 306 g/mol. The Morgan fingerprint density at radius 3 is 1.61 bits per heavy atom. The fourth-order valence-electron chi connectivity index (χ4n) is 2.50. The molecule has 116 valence electrons. The molecule has 0 aliphatic heterocycles. The van der Waals surface area contributed by atoms with Gasteiger partial charge < -0.3 is 14.6 Å². The molecule has 0 atom stereocenters. The van der Waals surface area contributed by atoms with Gasteiger partial charge in [-0.1, -0.05) is 30.3 Å². The Bertz CT molecular complexity index is 790. The van der Waals surface area contributed by atoms with Crippen LogP contribution in [0.5, 0.6) is 17.2 Å². The molecule has 0 heterocycles. The number of aromatic hydroxyl groups is 1. The van der Waals surface area contributed by atoms with Crippen LogP contribution in [0, 0.1) is 0 Å². The predicted octanol–water partition coefficient (Wildman–Crippen LogP) is 4.74. The van der Waals surface area contributed by atoms with Gasteiger partial charge in [0.2, 0.25) is 0 Å². The molecule has 0 spiro atoms. The number of hydrogen-bond donors (Lipinski definition) is 1. The second kappa shape index (κ2) is 6.44. The summed E-state index contributed by atoms with van der Waals surface area (Å²) in [7, 11) is 3.29. The van der Waals surface area contributed by atoms with E-state index in [1.54, 1.807) is 20.3 Å². The van der Waals surface area contributed by atoms with Crippen LogP contribution in [0.1, 0.15) is 0 Å². The van der Waals surface area contributed by atoms with E-state index in [1.165, 1.54) is 0 Å². The number of phenols is 1. The molecule has 1 N–H and O–H groups in total. The summed E-state index contributed by atoms with van der Waals surface area (Å²) in [4.78, 5) is 0. The Labute approximate surface area is 135 Å². The van der Waals surface area contributed by atoms with Crippen molar-refractivity contribution in [3.05, 3.63) is 66.7 Å². The summed E-state index contributed by atoms with van der Waals surface area (Å²) >= 11 is 0. The smallest absolute Gasteiger partial charge is 0.123 e. The maximum absolute atomic E-state index is 10.2. The minimum Gasteiger partial charge on any atom is -0.507 e. The van der Waals surface area contributed by atoms with E-state index in [1.807, 2.05) is 60.7 Å². The third-order valence-corrected chi connectivity index (χ3v) is 3.82. The SMILES string of the molecule is COc1ccc(-c2ccc(O)c(-c3ccc(OC)cc3)c2)cc1. The van der Waals surface area contributed by atoms with Crippen LogP contribution in [0.15, 0.2) is 66.7 Å². The quantitative estimate of drug-likeness (QED) is 0.756. The van der Waals surface area contributed by atoms with Crippen LogP contribution in [0.3, 0.4) is 0 Å². The van der Waals surface area contributed by atoms with E-state index >= 15 is 0 Å². The van der Waals surface area contributed by atoms with Crippen LogP contribution in [-0.2, 0) is 0 Å². The lowest BCUT2D eigenvalue weighted by molar-refractivity contribution is 0.415. The minimum absolute atomic E-state index is 0.257. The lowest BCUT2D eigenvalue weighted by atomic mass is 9.98. The van der Waals surface area contributed by atoms with E-state index in [9.17, 15) is 5.11 Å². The molecule has 0 aliphatic carbocycles. The van der Waals surface area contributed by atoms with Gasteiger partial charge in [-0.15, -0.1) is 0 Å². The maximum atomic E-state index is 10.2. The standard InChI is InChI=1S/C20H18O3/c1-22-17-8-3-14(4-9-17)16-7-12-20(21)19(13-16)15-5-10-18(23-2)11-6-15/h3-13,21H,1-2H3. The van der Waals surface area contributed by atoms with Crippen molar-refractivity contribution < 1.29 is 14.6 Å². The van der Waals surface area contributed by atoms with Crippen molar-refractivity contribution in [2.24, 2.45) is 0 Å². The minimum atomic E-state index is 0.257. The first-order chi connectivity index (χ1) is 11.2. The Morgan fingerprint density at radius 2 is 1.09 bits per heavy atom. The highest BCUT2D eigenvalue weighted by atomic mass is 16.5. The first-order valence-electron chi connectivity index (χ1n) is 7.33. The average Bonchev–Trinajstić information content (AvgIpc) is 2.62.